The van der Waals surface area contributed by atoms with E-state index < -0.39 is 23.3 Å². The topological polar surface area (TPSA) is 86.3 Å². The zero-order valence-corrected chi connectivity index (χ0v) is 22.9. The number of ether oxygens (including phenoxy) is 4. The minimum Gasteiger partial charge on any atom is -0.497 e. The van der Waals surface area contributed by atoms with E-state index in [0.29, 0.717) is 13.1 Å². The summed E-state index contributed by atoms with van der Waals surface area (Å²) in [4.78, 5) is 27.4. The lowest BCUT2D eigenvalue weighted by atomic mass is 9.70. The summed E-state index contributed by atoms with van der Waals surface area (Å²) < 4.78 is 24.6. The quantitative estimate of drug-likeness (QED) is 0.658. The molecule has 1 aromatic carbocycles. The number of hydrogen-bond donors (Lipinski definition) is 1. The average molecular weight is 503 g/mol. The first kappa shape index (κ1) is 26.7. The molecule has 1 aromatic rings. The number of carbonyl (C=O) groups is 2. The molecule has 0 unspecified atom stereocenters. The second-order valence-electron chi connectivity index (χ2n) is 12.0. The first-order valence-electron chi connectivity index (χ1n) is 13.0. The van der Waals surface area contributed by atoms with Crippen molar-refractivity contribution in [1.29, 1.82) is 0 Å². The van der Waals surface area contributed by atoms with Gasteiger partial charge in [0.1, 0.15) is 23.1 Å². The highest BCUT2D eigenvalue weighted by Gasteiger charge is 2.52. The van der Waals surface area contributed by atoms with Crippen LogP contribution >= 0.6 is 0 Å². The van der Waals surface area contributed by atoms with E-state index in [1.54, 1.807) is 7.11 Å². The maximum Gasteiger partial charge on any atom is 0.247 e. The molecule has 4 rings (SSSR count). The number of piperidine rings is 1. The zero-order chi connectivity index (χ0) is 26.4. The van der Waals surface area contributed by atoms with Crippen LogP contribution in [0.25, 0.3) is 0 Å². The normalized spacial score (nSPS) is 28.5. The van der Waals surface area contributed by atoms with Crippen LogP contribution in [0, 0.1) is 11.8 Å². The maximum atomic E-state index is 13.6. The lowest BCUT2D eigenvalue weighted by molar-refractivity contribution is -0.190. The first-order valence-corrected chi connectivity index (χ1v) is 13.0. The number of nitrogens with one attached hydrogen (secondary N) is 1. The fraction of sp³-hybridized carbons (Fsp3) is 0.714. The van der Waals surface area contributed by atoms with Gasteiger partial charge in [0, 0.05) is 43.5 Å². The molecule has 0 spiro atoms. The van der Waals surface area contributed by atoms with E-state index in [-0.39, 0.29) is 35.9 Å². The molecule has 1 N–H and O–H groups in total. The van der Waals surface area contributed by atoms with E-state index in [9.17, 15) is 9.59 Å². The molecule has 2 saturated heterocycles. The standard InChI is InChI=1S/C28H42N2O6/c1-16(35-27(3,4)5)24(29-17(2)31)26(32)30-12-11-22-18(15-30)13-21-25(34-22)20-10-9-19(33-8)14-23(20)36-28(21,6)7/h9-10,14,16,18,21-22,24-25H,11-13,15H2,1-8H3,(H,29,31)/t16-,18-,21+,22+,24+,25-/m1/s1. The number of carbonyl (C=O) groups excluding carboxylic acids is 2. The maximum absolute atomic E-state index is 13.6. The van der Waals surface area contributed by atoms with Crippen LogP contribution in [0.3, 0.4) is 0 Å². The summed E-state index contributed by atoms with van der Waals surface area (Å²) >= 11 is 0. The van der Waals surface area contributed by atoms with Gasteiger partial charge in [-0.3, -0.25) is 9.59 Å². The summed E-state index contributed by atoms with van der Waals surface area (Å²) in [5, 5.41) is 2.83. The Balaban J connectivity index is 1.51. The van der Waals surface area contributed by atoms with Crippen molar-refractivity contribution in [3.05, 3.63) is 23.8 Å². The third-order valence-corrected chi connectivity index (χ3v) is 7.65. The Morgan fingerprint density at radius 2 is 1.97 bits per heavy atom. The number of rotatable bonds is 5. The Kier molecular flexibility index (Phi) is 7.32. The van der Waals surface area contributed by atoms with Gasteiger partial charge in [-0.2, -0.15) is 0 Å². The number of benzene rings is 1. The number of hydrogen-bond acceptors (Lipinski definition) is 6. The highest BCUT2D eigenvalue weighted by molar-refractivity contribution is 5.87. The molecule has 8 nitrogen and oxygen atoms in total. The van der Waals surface area contributed by atoms with Gasteiger partial charge in [0.15, 0.2) is 0 Å². The molecule has 3 heterocycles. The van der Waals surface area contributed by atoms with Gasteiger partial charge in [-0.1, -0.05) is 0 Å². The molecule has 3 aliphatic rings. The number of likely N-dealkylation sites (tertiary alicyclic amines) is 1. The molecule has 200 valence electrons. The van der Waals surface area contributed by atoms with E-state index in [1.165, 1.54) is 6.92 Å². The van der Waals surface area contributed by atoms with E-state index >= 15 is 0 Å². The van der Waals surface area contributed by atoms with Crippen molar-refractivity contribution >= 4 is 11.8 Å². The molecule has 8 heteroatoms. The van der Waals surface area contributed by atoms with Gasteiger partial charge in [-0.05, 0) is 66.5 Å². The van der Waals surface area contributed by atoms with Gasteiger partial charge >= 0.3 is 0 Å². The lowest BCUT2D eigenvalue weighted by Gasteiger charge is -2.53. The van der Waals surface area contributed by atoms with Crippen LogP contribution in [-0.2, 0) is 19.1 Å². The van der Waals surface area contributed by atoms with E-state index in [2.05, 4.69) is 25.2 Å². The van der Waals surface area contributed by atoms with Crippen molar-refractivity contribution in [3.63, 3.8) is 0 Å². The number of methoxy groups -OCH3 is 1. The zero-order valence-electron chi connectivity index (χ0n) is 22.9. The summed E-state index contributed by atoms with van der Waals surface area (Å²) in [7, 11) is 1.65. The lowest BCUT2D eigenvalue weighted by Crippen LogP contribution is -2.60. The summed E-state index contributed by atoms with van der Waals surface area (Å²) in [5.41, 5.74) is 0.216. The molecule has 0 aliphatic carbocycles. The fourth-order valence-electron chi connectivity index (χ4n) is 6.03. The Morgan fingerprint density at radius 3 is 2.61 bits per heavy atom. The second kappa shape index (κ2) is 9.86. The van der Waals surface area contributed by atoms with Crippen LogP contribution in [0.5, 0.6) is 11.5 Å². The van der Waals surface area contributed by atoms with Crippen LogP contribution in [0.2, 0.25) is 0 Å². The molecule has 6 atom stereocenters. The molecule has 0 bridgehead atoms. The Hall–Kier alpha value is -2.32. The summed E-state index contributed by atoms with van der Waals surface area (Å²) in [6, 6.07) is 5.21. The minimum absolute atomic E-state index is 0.0505. The van der Waals surface area contributed by atoms with Crippen molar-refractivity contribution in [3.8, 4) is 11.5 Å². The van der Waals surface area contributed by atoms with Crippen molar-refractivity contribution in [1.82, 2.24) is 10.2 Å². The highest BCUT2D eigenvalue weighted by atomic mass is 16.5. The van der Waals surface area contributed by atoms with Crippen LogP contribution in [0.15, 0.2) is 18.2 Å². The molecule has 3 aliphatic heterocycles. The molecule has 0 saturated carbocycles. The molecule has 36 heavy (non-hydrogen) atoms. The predicted molar refractivity (Wildman–Crippen MR) is 136 cm³/mol. The Labute approximate surface area is 215 Å². The van der Waals surface area contributed by atoms with Gasteiger partial charge in [-0.15, -0.1) is 0 Å². The van der Waals surface area contributed by atoms with Crippen LogP contribution < -0.4 is 14.8 Å². The van der Waals surface area contributed by atoms with Crippen molar-refractivity contribution < 1.29 is 28.5 Å². The molecule has 0 radical (unpaired) electrons. The van der Waals surface area contributed by atoms with Gasteiger partial charge < -0.3 is 29.2 Å². The third kappa shape index (κ3) is 5.49. The molecular formula is C28H42N2O6. The molecule has 2 amide bonds. The highest BCUT2D eigenvalue weighted by Crippen LogP contribution is 2.53. The first-order chi connectivity index (χ1) is 16.8. The Bertz CT molecular complexity index is 987. The fourth-order valence-corrected chi connectivity index (χ4v) is 6.03. The largest absolute Gasteiger partial charge is 0.497 e. The van der Waals surface area contributed by atoms with E-state index in [1.807, 2.05) is 44.7 Å². The smallest absolute Gasteiger partial charge is 0.247 e. The van der Waals surface area contributed by atoms with Gasteiger partial charge in [0.25, 0.3) is 0 Å². The second-order valence-corrected chi connectivity index (χ2v) is 12.0. The summed E-state index contributed by atoms with van der Waals surface area (Å²) in [5.74, 6) is 1.60. The Morgan fingerprint density at radius 1 is 1.25 bits per heavy atom. The molecule has 0 aromatic heterocycles. The predicted octanol–water partition coefficient (Wildman–Crippen LogP) is 3.87. The monoisotopic (exact) mass is 502 g/mol. The number of fused-ring (bicyclic) bond motifs is 4. The van der Waals surface area contributed by atoms with Gasteiger partial charge in [0.05, 0.1) is 31.0 Å². The van der Waals surface area contributed by atoms with Gasteiger partial charge in [-0.25, -0.2) is 0 Å². The van der Waals surface area contributed by atoms with Crippen molar-refractivity contribution in [2.75, 3.05) is 20.2 Å². The number of nitrogens with zero attached hydrogens (tertiary/aromatic N) is 1. The van der Waals surface area contributed by atoms with Crippen LogP contribution in [-0.4, -0.2) is 66.4 Å². The summed E-state index contributed by atoms with van der Waals surface area (Å²) in [6.45, 7) is 14.5. The van der Waals surface area contributed by atoms with Crippen LogP contribution in [0.4, 0.5) is 0 Å². The summed E-state index contributed by atoms with van der Waals surface area (Å²) in [6.07, 6.45) is 1.22. The van der Waals surface area contributed by atoms with Crippen molar-refractivity contribution in [2.45, 2.75) is 96.9 Å². The van der Waals surface area contributed by atoms with E-state index in [0.717, 1.165) is 29.9 Å². The third-order valence-electron chi connectivity index (χ3n) is 7.65. The molecular weight excluding hydrogens is 460 g/mol. The van der Waals surface area contributed by atoms with Crippen molar-refractivity contribution in [2.24, 2.45) is 11.8 Å². The van der Waals surface area contributed by atoms with Gasteiger partial charge in [0.2, 0.25) is 11.8 Å². The average Bonchev–Trinajstić information content (AvgIpc) is 2.79. The number of amides is 2. The minimum atomic E-state index is -0.730. The SMILES string of the molecule is COc1ccc2c(c1)OC(C)(C)[C@H]1C[C@@H]3CN(C(=O)[C@@H](NC(C)=O)[C@@H](C)OC(C)(C)C)CC[C@@H]3O[C@H]21. The van der Waals surface area contributed by atoms with Crippen LogP contribution in [0.1, 0.15) is 73.0 Å². The molecule has 2 fully saturated rings. The van der Waals surface area contributed by atoms with E-state index in [4.69, 9.17) is 18.9 Å².